The molecule has 0 radical (unpaired) electrons. The highest BCUT2D eigenvalue weighted by atomic mass is 16.3. The molecular weight excluding hydrogens is 284 g/mol. The lowest BCUT2D eigenvalue weighted by Gasteiger charge is -2.30. The Morgan fingerprint density at radius 1 is 1.17 bits per heavy atom. The zero-order valence-corrected chi connectivity index (χ0v) is 15.1. The van der Waals surface area contributed by atoms with Crippen LogP contribution in [0.25, 0.3) is 0 Å². The summed E-state index contributed by atoms with van der Waals surface area (Å²) in [7, 11) is 0. The molecule has 1 heterocycles. The normalized spacial score (nSPS) is 18.5. The van der Waals surface area contributed by atoms with Crippen LogP contribution in [-0.2, 0) is 6.42 Å². The second kappa shape index (κ2) is 9.41. The van der Waals surface area contributed by atoms with Gasteiger partial charge in [0.15, 0.2) is 0 Å². The fraction of sp³-hybridized carbons (Fsp3) is 0.700. The van der Waals surface area contributed by atoms with E-state index in [2.05, 4.69) is 55.3 Å². The summed E-state index contributed by atoms with van der Waals surface area (Å²) in [6.07, 6.45) is 4.08. The van der Waals surface area contributed by atoms with Crippen LogP contribution in [0.2, 0.25) is 0 Å². The monoisotopic (exact) mass is 318 g/mol. The number of piperidine rings is 1. The summed E-state index contributed by atoms with van der Waals surface area (Å²) in [6, 6.07) is 9.51. The van der Waals surface area contributed by atoms with Gasteiger partial charge in [0.05, 0.1) is 6.10 Å². The van der Waals surface area contributed by atoms with Crippen LogP contribution in [0.5, 0.6) is 0 Å². The van der Waals surface area contributed by atoms with Crippen molar-refractivity contribution in [1.29, 1.82) is 0 Å². The third kappa shape index (κ3) is 5.91. The molecular formula is C20H34N2O. The first-order valence-corrected chi connectivity index (χ1v) is 9.32. The predicted octanol–water partition coefficient (Wildman–Crippen LogP) is 3.38. The first-order chi connectivity index (χ1) is 11.1. The number of nitrogens with zero attached hydrogens (tertiary/aromatic N) is 1. The minimum atomic E-state index is -0.0687. The molecule has 0 saturated carbocycles. The van der Waals surface area contributed by atoms with Crippen LogP contribution in [-0.4, -0.2) is 42.3 Å². The predicted molar refractivity (Wildman–Crippen MR) is 97.7 cm³/mol. The molecule has 1 aromatic carbocycles. The van der Waals surface area contributed by atoms with Crippen molar-refractivity contribution in [3.63, 3.8) is 0 Å². The Balaban J connectivity index is 1.76. The third-order valence-electron chi connectivity index (χ3n) is 4.99. The van der Waals surface area contributed by atoms with E-state index in [0.717, 1.165) is 45.4 Å². The highest BCUT2D eigenvalue weighted by Gasteiger charge is 2.17. The molecule has 1 saturated heterocycles. The number of likely N-dealkylation sites (tertiary alicyclic amines) is 1. The number of aryl methyl sites for hydroxylation is 1. The second-order valence-electron chi connectivity index (χ2n) is 7.20. The first kappa shape index (κ1) is 18.4. The van der Waals surface area contributed by atoms with Crippen molar-refractivity contribution in [2.24, 2.45) is 5.92 Å². The lowest BCUT2D eigenvalue weighted by Crippen LogP contribution is -2.37. The maximum Gasteiger partial charge on any atom is 0.0564 e. The molecule has 1 aliphatic rings. The van der Waals surface area contributed by atoms with Gasteiger partial charge in [0.1, 0.15) is 0 Å². The van der Waals surface area contributed by atoms with Gasteiger partial charge in [-0.1, -0.05) is 45.0 Å². The number of hydrogen-bond acceptors (Lipinski definition) is 3. The molecule has 3 heteroatoms. The van der Waals surface area contributed by atoms with Crippen molar-refractivity contribution in [2.45, 2.75) is 58.6 Å². The number of rotatable bonds is 8. The SMILES string of the molecule is CCc1ccc(C(NCCCN2CCC(O)CC2)C(C)C)cc1. The first-order valence-electron chi connectivity index (χ1n) is 9.32. The van der Waals surface area contributed by atoms with Crippen molar-refractivity contribution in [1.82, 2.24) is 10.2 Å². The molecule has 1 aliphatic heterocycles. The molecule has 0 aliphatic carbocycles. The Bertz CT molecular complexity index is 435. The zero-order valence-electron chi connectivity index (χ0n) is 15.1. The van der Waals surface area contributed by atoms with Gasteiger partial charge in [-0.05, 0) is 55.8 Å². The standard InChI is InChI=1S/C20H34N2O/c1-4-17-6-8-18(9-7-17)20(16(2)3)21-12-5-13-22-14-10-19(23)11-15-22/h6-9,16,19-21,23H,4-5,10-15H2,1-3H3. The summed E-state index contributed by atoms with van der Waals surface area (Å²) in [5.41, 5.74) is 2.81. The highest BCUT2D eigenvalue weighted by Crippen LogP contribution is 2.22. The average Bonchev–Trinajstić information content (AvgIpc) is 2.56. The van der Waals surface area contributed by atoms with E-state index in [1.165, 1.54) is 17.5 Å². The third-order valence-corrected chi connectivity index (χ3v) is 4.99. The van der Waals surface area contributed by atoms with Gasteiger partial charge in [0.25, 0.3) is 0 Å². The van der Waals surface area contributed by atoms with Crippen LogP contribution in [0.15, 0.2) is 24.3 Å². The van der Waals surface area contributed by atoms with Crippen LogP contribution in [0.4, 0.5) is 0 Å². The molecule has 1 fully saturated rings. The van der Waals surface area contributed by atoms with Gasteiger partial charge in [-0.2, -0.15) is 0 Å². The van der Waals surface area contributed by atoms with E-state index in [1.807, 2.05) is 0 Å². The Morgan fingerprint density at radius 3 is 2.39 bits per heavy atom. The maximum absolute atomic E-state index is 9.56. The average molecular weight is 319 g/mol. The number of aliphatic hydroxyl groups is 1. The van der Waals surface area contributed by atoms with Crippen molar-refractivity contribution in [2.75, 3.05) is 26.2 Å². The van der Waals surface area contributed by atoms with Gasteiger partial charge < -0.3 is 15.3 Å². The van der Waals surface area contributed by atoms with E-state index in [0.29, 0.717) is 12.0 Å². The lowest BCUT2D eigenvalue weighted by molar-refractivity contribution is 0.0819. The maximum atomic E-state index is 9.56. The molecule has 0 amide bonds. The fourth-order valence-corrected chi connectivity index (χ4v) is 3.40. The number of aliphatic hydroxyl groups excluding tert-OH is 1. The molecule has 0 spiro atoms. The van der Waals surface area contributed by atoms with Gasteiger partial charge in [0, 0.05) is 19.1 Å². The lowest BCUT2D eigenvalue weighted by atomic mass is 9.95. The summed E-state index contributed by atoms with van der Waals surface area (Å²) >= 11 is 0. The molecule has 23 heavy (non-hydrogen) atoms. The highest BCUT2D eigenvalue weighted by molar-refractivity contribution is 5.25. The molecule has 2 rings (SSSR count). The van der Waals surface area contributed by atoms with Gasteiger partial charge in [-0.3, -0.25) is 0 Å². The molecule has 0 bridgehead atoms. The molecule has 0 aromatic heterocycles. The van der Waals surface area contributed by atoms with Crippen LogP contribution >= 0.6 is 0 Å². The summed E-state index contributed by atoms with van der Waals surface area (Å²) < 4.78 is 0. The van der Waals surface area contributed by atoms with Crippen LogP contribution in [0.3, 0.4) is 0 Å². The minimum Gasteiger partial charge on any atom is -0.393 e. The summed E-state index contributed by atoms with van der Waals surface area (Å²) in [6.45, 7) is 11.1. The summed E-state index contributed by atoms with van der Waals surface area (Å²) in [5, 5.41) is 13.3. The quantitative estimate of drug-likeness (QED) is 0.721. The van der Waals surface area contributed by atoms with Gasteiger partial charge in [-0.15, -0.1) is 0 Å². The van der Waals surface area contributed by atoms with E-state index in [9.17, 15) is 5.11 Å². The van der Waals surface area contributed by atoms with Crippen molar-refractivity contribution >= 4 is 0 Å². The van der Waals surface area contributed by atoms with Crippen molar-refractivity contribution < 1.29 is 5.11 Å². The van der Waals surface area contributed by atoms with Gasteiger partial charge in [-0.25, -0.2) is 0 Å². The fourth-order valence-electron chi connectivity index (χ4n) is 3.40. The zero-order chi connectivity index (χ0) is 16.7. The van der Waals surface area contributed by atoms with Crippen LogP contribution in [0.1, 0.15) is 57.2 Å². The van der Waals surface area contributed by atoms with E-state index in [1.54, 1.807) is 0 Å². The summed E-state index contributed by atoms with van der Waals surface area (Å²) in [4.78, 5) is 2.48. The Morgan fingerprint density at radius 2 is 1.83 bits per heavy atom. The number of benzene rings is 1. The Labute approximate surface area is 142 Å². The van der Waals surface area contributed by atoms with Gasteiger partial charge >= 0.3 is 0 Å². The van der Waals surface area contributed by atoms with E-state index in [4.69, 9.17) is 0 Å². The minimum absolute atomic E-state index is 0.0687. The summed E-state index contributed by atoms with van der Waals surface area (Å²) in [5.74, 6) is 0.590. The molecule has 1 aromatic rings. The molecule has 2 N–H and O–H groups in total. The molecule has 130 valence electrons. The Kier molecular flexibility index (Phi) is 7.54. The van der Waals surface area contributed by atoms with Crippen LogP contribution in [0, 0.1) is 5.92 Å². The number of hydrogen-bond donors (Lipinski definition) is 2. The molecule has 3 nitrogen and oxygen atoms in total. The van der Waals surface area contributed by atoms with Crippen molar-refractivity contribution in [3.8, 4) is 0 Å². The van der Waals surface area contributed by atoms with E-state index < -0.39 is 0 Å². The van der Waals surface area contributed by atoms with Crippen molar-refractivity contribution in [3.05, 3.63) is 35.4 Å². The van der Waals surface area contributed by atoms with E-state index >= 15 is 0 Å². The number of nitrogens with one attached hydrogen (secondary N) is 1. The second-order valence-corrected chi connectivity index (χ2v) is 7.20. The topological polar surface area (TPSA) is 35.5 Å². The Hall–Kier alpha value is -0.900. The largest absolute Gasteiger partial charge is 0.393 e. The van der Waals surface area contributed by atoms with Gasteiger partial charge in [0.2, 0.25) is 0 Å². The molecule has 1 atom stereocenters. The molecule has 1 unspecified atom stereocenters. The van der Waals surface area contributed by atoms with E-state index in [-0.39, 0.29) is 6.10 Å². The van der Waals surface area contributed by atoms with Crippen LogP contribution < -0.4 is 5.32 Å². The smallest absolute Gasteiger partial charge is 0.0564 e.